The zero-order valence-corrected chi connectivity index (χ0v) is 17.4. The van der Waals surface area contributed by atoms with E-state index in [0.717, 1.165) is 36.9 Å². The highest BCUT2D eigenvalue weighted by molar-refractivity contribution is 6.04. The number of benzene rings is 1. The van der Waals surface area contributed by atoms with Gasteiger partial charge in [-0.3, -0.25) is 14.5 Å². The van der Waals surface area contributed by atoms with Crippen LogP contribution in [0.15, 0.2) is 55.0 Å². The first-order valence-electron chi connectivity index (χ1n) is 10.3. The molecule has 0 aliphatic heterocycles. The van der Waals surface area contributed by atoms with Crippen LogP contribution in [0.5, 0.6) is 5.75 Å². The van der Waals surface area contributed by atoms with Crippen LogP contribution >= 0.6 is 0 Å². The fourth-order valence-electron chi connectivity index (χ4n) is 3.04. The van der Waals surface area contributed by atoms with E-state index < -0.39 is 0 Å². The number of hydrogen-bond acceptors (Lipinski definition) is 5. The maximum atomic E-state index is 12.9. The van der Waals surface area contributed by atoms with E-state index in [9.17, 15) is 9.90 Å². The van der Waals surface area contributed by atoms with E-state index in [-0.39, 0.29) is 18.6 Å². The molecule has 30 heavy (non-hydrogen) atoms. The number of aromatic nitrogens is 3. The van der Waals surface area contributed by atoms with Gasteiger partial charge in [0.15, 0.2) is 5.82 Å². The van der Waals surface area contributed by atoms with Gasteiger partial charge < -0.3 is 15.2 Å². The third-order valence-corrected chi connectivity index (χ3v) is 4.65. The summed E-state index contributed by atoms with van der Waals surface area (Å²) in [6.45, 7) is 4.65. The van der Waals surface area contributed by atoms with Crippen molar-refractivity contribution in [2.24, 2.45) is 0 Å². The van der Waals surface area contributed by atoms with Crippen molar-refractivity contribution < 1.29 is 14.6 Å². The minimum absolute atomic E-state index is 0.115. The number of unbranched alkanes of at least 4 members (excludes halogenated alkanes) is 2. The molecule has 1 unspecified atom stereocenters. The van der Waals surface area contributed by atoms with Crippen LogP contribution in [0.25, 0.3) is 11.1 Å². The van der Waals surface area contributed by atoms with Crippen LogP contribution in [-0.2, 0) is 6.54 Å². The quantitative estimate of drug-likeness (QED) is 0.492. The molecule has 3 rings (SSSR count). The summed E-state index contributed by atoms with van der Waals surface area (Å²) in [7, 11) is 0. The lowest BCUT2D eigenvalue weighted by Gasteiger charge is -2.15. The minimum Gasteiger partial charge on any atom is -0.488 e. The lowest BCUT2D eigenvalue weighted by atomic mass is 10.0. The van der Waals surface area contributed by atoms with Gasteiger partial charge in [-0.1, -0.05) is 19.8 Å². The topological polar surface area (TPSA) is 89.3 Å². The first kappa shape index (κ1) is 21.5. The van der Waals surface area contributed by atoms with Crippen molar-refractivity contribution in [3.05, 3.63) is 60.6 Å². The molecule has 158 valence electrons. The lowest BCUT2D eigenvalue weighted by molar-refractivity contribution is 0.102. The molecule has 2 heterocycles. The van der Waals surface area contributed by atoms with Crippen molar-refractivity contribution in [3.63, 3.8) is 0 Å². The zero-order valence-electron chi connectivity index (χ0n) is 17.4. The largest absolute Gasteiger partial charge is 0.488 e. The Morgan fingerprint density at radius 1 is 1.17 bits per heavy atom. The Balaban J connectivity index is 1.81. The molecular weight excluding hydrogens is 380 g/mol. The molecule has 0 saturated heterocycles. The van der Waals surface area contributed by atoms with Crippen LogP contribution < -0.4 is 10.1 Å². The number of aryl methyl sites for hydroxylation is 1. The maximum absolute atomic E-state index is 12.9. The van der Waals surface area contributed by atoms with Gasteiger partial charge in [0.2, 0.25) is 0 Å². The molecule has 2 aromatic heterocycles. The van der Waals surface area contributed by atoms with Crippen LogP contribution in [0.4, 0.5) is 5.82 Å². The third-order valence-electron chi connectivity index (χ3n) is 4.65. The van der Waals surface area contributed by atoms with Gasteiger partial charge in [0.05, 0.1) is 6.61 Å². The summed E-state index contributed by atoms with van der Waals surface area (Å²) in [6.07, 6.45) is 8.25. The summed E-state index contributed by atoms with van der Waals surface area (Å²) < 4.78 is 7.60. The van der Waals surface area contributed by atoms with Crippen LogP contribution in [-0.4, -0.2) is 38.5 Å². The molecule has 3 aromatic rings. The Labute approximate surface area is 176 Å². The number of nitrogens with zero attached hydrogens (tertiary/aromatic N) is 3. The second-order valence-corrected chi connectivity index (χ2v) is 7.22. The van der Waals surface area contributed by atoms with Gasteiger partial charge in [-0.05, 0) is 54.8 Å². The number of carbonyl (C=O) groups excluding carboxylic acids is 1. The first-order valence-corrected chi connectivity index (χ1v) is 10.3. The maximum Gasteiger partial charge on any atom is 0.257 e. The number of pyridine rings is 1. The van der Waals surface area contributed by atoms with Gasteiger partial charge in [-0.2, -0.15) is 5.10 Å². The highest BCUT2D eigenvalue weighted by atomic mass is 16.5. The molecular formula is C23H28N4O3. The van der Waals surface area contributed by atoms with Crippen LogP contribution in [0.2, 0.25) is 0 Å². The standard InChI is InChI=1S/C23H28N4O3/c1-3-4-5-11-27-12-8-22(26-27)25-23(29)20-13-19(18-6-9-24-10-7-18)14-21(15-20)30-17(2)16-28/h6-10,12-15,17,28H,3-5,11,16H2,1-2H3,(H,25,26,29). The third kappa shape index (κ3) is 5.90. The number of aliphatic hydroxyl groups excluding tert-OH is 1. The molecule has 7 heteroatoms. The first-order chi connectivity index (χ1) is 14.6. The summed E-state index contributed by atoms with van der Waals surface area (Å²) in [4.78, 5) is 16.9. The molecule has 0 bridgehead atoms. The fraction of sp³-hybridized carbons (Fsp3) is 0.348. The monoisotopic (exact) mass is 408 g/mol. The summed E-state index contributed by atoms with van der Waals surface area (Å²) in [5, 5.41) is 16.6. The number of amides is 1. The van der Waals surface area contributed by atoms with E-state index in [1.807, 2.05) is 29.1 Å². The fourth-order valence-corrected chi connectivity index (χ4v) is 3.04. The molecule has 0 fully saturated rings. The highest BCUT2D eigenvalue weighted by Gasteiger charge is 2.14. The molecule has 0 aliphatic carbocycles. The van der Waals surface area contributed by atoms with E-state index in [1.165, 1.54) is 0 Å². The SMILES string of the molecule is CCCCCn1ccc(NC(=O)c2cc(OC(C)CO)cc(-c3ccncc3)c2)n1. The van der Waals surface area contributed by atoms with E-state index in [0.29, 0.717) is 17.1 Å². The Hall–Kier alpha value is -3.19. The smallest absolute Gasteiger partial charge is 0.257 e. The van der Waals surface area contributed by atoms with Crippen molar-refractivity contribution >= 4 is 11.7 Å². The number of ether oxygens (including phenoxy) is 1. The molecule has 1 atom stereocenters. The molecule has 0 spiro atoms. The van der Waals surface area contributed by atoms with Gasteiger partial charge in [0.1, 0.15) is 11.9 Å². The van der Waals surface area contributed by atoms with Gasteiger partial charge in [-0.15, -0.1) is 0 Å². The molecule has 0 saturated carbocycles. The Kier molecular flexibility index (Phi) is 7.57. The normalized spacial score (nSPS) is 11.8. The average molecular weight is 409 g/mol. The van der Waals surface area contributed by atoms with E-state index in [4.69, 9.17) is 4.74 Å². The van der Waals surface area contributed by atoms with Gasteiger partial charge in [0.25, 0.3) is 5.91 Å². The van der Waals surface area contributed by atoms with E-state index in [2.05, 4.69) is 22.3 Å². The lowest BCUT2D eigenvalue weighted by Crippen LogP contribution is -2.17. The van der Waals surface area contributed by atoms with Crippen LogP contribution in [0.3, 0.4) is 0 Å². The van der Waals surface area contributed by atoms with Crippen molar-refractivity contribution in [1.82, 2.24) is 14.8 Å². The second kappa shape index (κ2) is 10.5. The van der Waals surface area contributed by atoms with Crippen molar-refractivity contribution in [2.45, 2.75) is 45.8 Å². The van der Waals surface area contributed by atoms with Crippen molar-refractivity contribution in [2.75, 3.05) is 11.9 Å². The predicted molar refractivity (Wildman–Crippen MR) is 117 cm³/mol. The number of rotatable bonds is 10. The predicted octanol–water partition coefficient (Wildman–Crippen LogP) is 4.15. The molecule has 2 N–H and O–H groups in total. The molecule has 1 amide bonds. The van der Waals surface area contributed by atoms with Crippen molar-refractivity contribution in [3.8, 4) is 16.9 Å². The molecule has 1 aromatic carbocycles. The summed E-state index contributed by atoms with van der Waals surface area (Å²) in [5.74, 6) is 0.754. The Morgan fingerprint density at radius 3 is 2.70 bits per heavy atom. The Morgan fingerprint density at radius 2 is 1.97 bits per heavy atom. The zero-order chi connectivity index (χ0) is 21.3. The van der Waals surface area contributed by atoms with E-state index in [1.54, 1.807) is 37.5 Å². The number of carbonyl (C=O) groups is 1. The minimum atomic E-state index is -0.382. The second-order valence-electron chi connectivity index (χ2n) is 7.22. The average Bonchev–Trinajstić information content (AvgIpc) is 3.21. The molecule has 7 nitrogen and oxygen atoms in total. The van der Waals surface area contributed by atoms with Crippen LogP contribution in [0.1, 0.15) is 43.5 Å². The van der Waals surface area contributed by atoms with Gasteiger partial charge >= 0.3 is 0 Å². The van der Waals surface area contributed by atoms with Gasteiger partial charge in [-0.25, -0.2) is 0 Å². The van der Waals surface area contributed by atoms with Gasteiger partial charge in [0, 0.05) is 36.8 Å². The number of aliphatic hydroxyl groups is 1. The number of hydrogen-bond donors (Lipinski definition) is 2. The summed E-state index contributed by atoms with van der Waals surface area (Å²) >= 11 is 0. The van der Waals surface area contributed by atoms with Crippen molar-refractivity contribution in [1.29, 1.82) is 0 Å². The summed E-state index contributed by atoms with van der Waals surface area (Å²) in [6, 6.07) is 10.9. The number of nitrogens with one attached hydrogen (secondary N) is 1. The Bertz CT molecular complexity index is 956. The number of anilines is 1. The summed E-state index contributed by atoms with van der Waals surface area (Å²) in [5.41, 5.74) is 2.20. The van der Waals surface area contributed by atoms with E-state index >= 15 is 0 Å². The molecule has 0 radical (unpaired) electrons. The highest BCUT2D eigenvalue weighted by Crippen LogP contribution is 2.27. The van der Waals surface area contributed by atoms with Crippen LogP contribution in [0, 0.1) is 0 Å². The molecule has 0 aliphatic rings.